The van der Waals surface area contributed by atoms with E-state index in [0.29, 0.717) is 23.2 Å². The van der Waals surface area contributed by atoms with Gasteiger partial charge in [-0.1, -0.05) is 170 Å². The summed E-state index contributed by atoms with van der Waals surface area (Å²) in [4.78, 5) is 18.2. The van der Waals surface area contributed by atoms with Crippen LogP contribution in [0.1, 0.15) is 0 Å². The molecular weight excluding hydrogens is 565 g/mol. The van der Waals surface area contributed by atoms with Crippen molar-refractivity contribution in [1.82, 2.24) is 15.0 Å². The molecule has 0 aliphatic carbocycles. The molecule has 0 aliphatic rings. The maximum absolute atomic E-state index is 7.32. The molecule has 0 atom stereocenters. The smallest absolute Gasteiger partial charge is 0.187 e. The normalized spacial score (nSPS) is 11.1. The number of hydrogen-bond acceptors (Lipinski definition) is 3. The van der Waals surface area contributed by atoms with Gasteiger partial charge in [0.25, 0.3) is 0 Å². The van der Waals surface area contributed by atoms with Crippen LogP contribution in [0.4, 0.5) is 5.69 Å². The third-order valence-electron chi connectivity index (χ3n) is 8.12. The Balaban J connectivity index is 1.40. The van der Waals surface area contributed by atoms with Crippen molar-refractivity contribution >= 4 is 34.5 Å². The van der Waals surface area contributed by atoms with Crippen LogP contribution in [-0.2, 0) is 0 Å². The first kappa shape index (κ1) is 27.8. The molecule has 0 N–H and O–H groups in total. The van der Waals surface area contributed by atoms with Gasteiger partial charge >= 0.3 is 0 Å². The molecule has 212 valence electrons. The van der Waals surface area contributed by atoms with E-state index in [9.17, 15) is 0 Å². The predicted molar refractivity (Wildman–Crippen MR) is 186 cm³/mol. The van der Waals surface area contributed by atoms with Crippen LogP contribution in [-0.4, -0.2) is 23.0 Å². The fraction of sp³-hybridized carbons (Fsp3) is 0. The molecule has 1 heterocycles. The standard InChI is InChI=1S/C40H28N4Si/c1-41-33-26-22-31(23-27-33)39-42-38(30-14-6-2-7-15-30)43-40(44-39)32-24-28-37(29-25-32)45(34-16-8-3-9-17-34,35-18-10-4-11-19-35)36-20-12-5-13-21-36/h2-29H. The largest absolute Gasteiger partial charge is 0.238 e. The van der Waals surface area contributed by atoms with Crippen LogP contribution in [0.5, 0.6) is 0 Å². The van der Waals surface area contributed by atoms with Gasteiger partial charge in [0, 0.05) is 16.7 Å². The Morgan fingerprint density at radius 1 is 0.356 bits per heavy atom. The van der Waals surface area contributed by atoms with E-state index in [1.807, 2.05) is 42.5 Å². The minimum Gasteiger partial charge on any atom is -0.238 e. The summed E-state index contributed by atoms with van der Waals surface area (Å²) in [5.74, 6) is 1.78. The highest BCUT2D eigenvalue weighted by molar-refractivity contribution is 7.19. The summed E-state index contributed by atoms with van der Waals surface area (Å²) in [5, 5.41) is 5.26. The molecule has 0 fully saturated rings. The Bertz CT molecular complexity index is 1980. The summed E-state index contributed by atoms with van der Waals surface area (Å²) < 4.78 is 0. The average molecular weight is 593 g/mol. The lowest BCUT2D eigenvalue weighted by atomic mass is 10.1. The van der Waals surface area contributed by atoms with Crippen molar-refractivity contribution in [2.75, 3.05) is 0 Å². The molecule has 0 saturated heterocycles. The summed E-state index contributed by atoms with van der Waals surface area (Å²) in [6.07, 6.45) is 0. The highest BCUT2D eigenvalue weighted by Crippen LogP contribution is 2.26. The van der Waals surface area contributed by atoms with Crippen molar-refractivity contribution in [2.24, 2.45) is 0 Å². The summed E-state index contributed by atoms with van der Waals surface area (Å²) in [5.41, 5.74) is 3.24. The van der Waals surface area contributed by atoms with Crippen LogP contribution in [0.2, 0.25) is 0 Å². The number of aromatic nitrogens is 3. The first-order valence-electron chi connectivity index (χ1n) is 14.8. The molecule has 0 bridgehead atoms. The Morgan fingerprint density at radius 2 is 0.667 bits per heavy atom. The molecule has 4 nitrogen and oxygen atoms in total. The van der Waals surface area contributed by atoms with Crippen LogP contribution in [0.15, 0.2) is 170 Å². The van der Waals surface area contributed by atoms with Gasteiger partial charge in [0.05, 0.1) is 6.57 Å². The van der Waals surface area contributed by atoms with Gasteiger partial charge in [-0.25, -0.2) is 19.8 Å². The second kappa shape index (κ2) is 12.3. The molecule has 0 amide bonds. The Hall–Kier alpha value is -5.96. The third-order valence-corrected chi connectivity index (χ3v) is 12.9. The fourth-order valence-corrected chi connectivity index (χ4v) is 10.7. The van der Waals surface area contributed by atoms with Crippen molar-refractivity contribution in [2.45, 2.75) is 0 Å². The van der Waals surface area contributed by atoms with Gasteiger partial charge in [-0.2, -0.15) is 0 Å². The molecule has 0 spiro atoms. The van der Waals surface area contributed by atoms with E-state index in [1.165, 1.54) is 20.7 Å². The third kappa shape index (κ3) is 5.36. The maximum atomic E-state index is 7.32. The quantitative estimate of drug-likeness (QED) is 0.116. The summed E-state index contributed by atoms with van der Waals surface area (Å²) in [7, 11) is -2.64. The van der Waals surface area contributed by atoms with E-state index < -0.39 is 8.07 Å². The van der Waals surface area contributed by atoms with Gasteiger partial charge in [0.2, 0.25) is 0 Å². The van der Waals surface area contributed by atoms with Crippen LogP contribution in [0, 0.1) is 6.57 Å². The molecule has 1 aromatic heterocycles. The molecule has 6 aromatic carbocycles. The molecule has 0 radical (unpaired) electrons. The molecule has 5 heteroatoms. The van der Waals surface area contributed by atoms with E-state index >= 15 is 0 Å². The monoisotopic (exact) mass is 592 g/mol. The zero-order valence-corrected chi connectivity index (χ0v) is 25.5. The summed E-state index contributed by atoms with van der Waals surface area (Å²) in [6.45, 7) is 7.32. The highest BCUT2D eigenvalue weighted by Gasteiger charge is 2.41. The topological polar surface area (TPSA) is 43.0 Å². The van der Waals surface area contributed by atoms with Gasteiger partial charge in [-0.05, 0) is 20.7 Å². The van der Waals surface area contributed by atoms with Crippen molar-refractivity contribution in [3.05, 3.63) is 181 Å². The minimum absolute atomic E-state index is 0.570. The van der Waals surface area contributed by atoms with Crippen LogP contribution in [0.3, 0.4) is 0 Å². The summed E-state index contributed by atoms with van der Waals surface area (Å²) >= 11 is 0. The van der Waals surface area contributed by atoms with E-state index in [1.54, 1.807) is 12.1 Å². The number of rotatable bonds is 7. The van der Waals surface area contributed by atoms with Crippen LogP contribution < -0.4 is 20.7 Å². The van der Waals surface area contributed by atoms with E-state index in [4.69, 9.17) is 21.5 Å². The molecule has 45 heavy (non-hydrogen) atoms. The minimum atomic E-state index is -2.64. The van der Waals surface area contributed by atoms with Crippen LogP contribution >= 0.6 is 0 Å². The first-order valence-corrected chi connectivity index (χ1v) is 16.8. The van der Waals surface area contributed by atoms with Crippen molar-refractivity contribution in [1.29, 1.82) is 0 Å². The second-order valence-electron chi connectivity index (χ2n) is 10.8. The summed E-state index contributed by atoms with van der Waals surface area (Å²) in [6, 6.07) is 58.8. The predicted octanol–water partition coefficient (Wildman–Crippen LogP) is 6.80. The molecule has 0 saturated carbocycles. The zero-order chi connectivity index (χ0) is 30.5. The lowest BCUT2D eigenvalue weighted by molar-refractivity contribution is 1.07. The molecular formula is C40H28N4Si. The maximum Gasteiger partial charge on any atom is 0.187 e. The molecule has 7 rings (SSSR count). The van der Waals surface area contributed by atoms with E-state index in [2.05, 4.69) is 120 Å². The number of benzene rings is 6. The second-order valence-corrected chi connectivity index (χ2v) is 14.6. The van der Waals surface area contributed by atoms with Gasteiger partial charge in [0.15, 0.2) is 31.2 Å². The Morgan fingerprint density at radius 3 is 1.04 bits per heavy atom. The number of hydrogen-bond donors (Lipinski definition) is 0. The van der Waals surface area contributed by atoms with Crippen molar-refractivity contribution < 1.29 is 0 Å². The van der Waals surface area contributed by atoms with Gasteiger partial charge < -0.3 is 0 Å². The highest BCUT2D eigenvalue weighted by atomic mass is 28.3. The zero-order valence-electron chi connectivity index (χ0n) is 24.5. The molecule has 7 aromatic rings. The molecule has 0 aliphatic heterocycles. The Kier molecular flexibility index (Phi) is 7.63. The Labute approximate surface area is 264 Å². The van der Waals surface area contributed by atoms with Gasteiger partial charge in [0.1, 0.15) is 0 Å². The lowest BCUT2D eigenvalue weighted by Gasteiger charge is -2.34. The first-order chi connectivity index (χ1) is 22.3. The van der Waals surface area contributed by atoms with Crippen LogP contribution in [0.25, 0.3) is 39.0 Å². The fourth-order valence-electron chi connectivity index (χ4n) is 5.97. The van der Waals surface area contributed by atoms with Crippen molar-refractivity contribution in [3.8, 4) is 34.2 Å². The van der Waals surface area contributed by atoms with E-state index in [0.717, 1.165) is 16.7 Å². The number of nitrogens with zero attached hydrogens (tertiary/aromatic N) is 4. The van der Waals surface area contributed by atoms with E-state index in [-0.39, 0.29) is 0 Å². The van der Waals surface area contributed by atoms with Crippen molar-refractivity contribution in [3.63, 3.8) is 0 Å². The lowest BCUT2D eigenvalue weighted by Crippen LogP contribution is -2.74. The van der Waals surface area contributed by atoms with Gasteiger partial charge in [-0.3, -0.25) is 0 Å². The average Bonchev–Trinajstić information content (AvgIpc) is 3.14. The SMILES string of the molecule is [C-]#[N+]c1ccc(-c2nc(-c3ccccc3)nc(-c3ccc([Si](c4ccccc4)(c4ccccc4)c4ccccc4)cc3)n2)cc1. The molecule has 0 unspecified atom stereocenters. The van der Waals surface area contributed by atoms with Gasteiger partial charge in [-0.15, -0.1) is 0 Å².